The third kappa shape index (κ3) is 12.4. The normalized spacial score (nSPS) is 14.5. The average molecular weight is 769 g/mol. The molecule has 54 heavy (non-hydrogen) atoms. The van der Waals surface area contributed by atoms with Gasteiger partial charge in [0.15, 0.2) is 5.41 Å². The number of thiol groups is 1. The molecule has 2 rings (SSSR count). The number of unbranched alkanes of at least 4 members (excludes halogenated alkanes) is 9. The van der Waals surface area contributed by atoms with Crippen LogP contribution in [0.1, 0.15) is 200 Å². The van der Waals surface area contributed by atoms with Crippen molar-refractivity contribution in [3.05, 3.63) is 57.6 Å². The van der Waals surface area contributed by atoms with E-state index in [1.165, 1.54) is 38.5 Å². The fraction of sp³-hybridized carbons (Fsp3) is 0.702. The highest BCUT2D eigenvalue weighted by atomic mass is 32.1. The van der Waals surface area contributed by atoms with Crippen LogP contribution in [0, 0.1) is 5.41 Å². The Morgan fingerprint density at radius 1 is 0.630 bits per heavy atom. The van der Waals surface area contributed by atoms with Crippen molar-refractivity contribution >= 4 is 24.6 Å². The Labute approximate surface area is 334 Å². The van der Waals surface area contributed by atoms with Crippen LogP contribution in [0.4, 0.5) is 0 Å². The Bertz CT molecular complexity index is 1460. The zero-order chi connectivity index (χ0) is 41.3. The van der Waals surface area contributed by atoms with E-state index < -0.39 is 44.9 Å². The third-order valence-corrected chi connectivity index (χ3v) is 11.2. The lowest BCUT2D eigenvalue weighted by atomic mass is 9.65. The first-order valence-corrected chi connectivity index (χ1v) is 21.2. The summed E-state index contributed by atoms with van der Waals surface area (Å²) < 4.78 is 6.06. The molecule has 0 saturated heterocycles. The standard InChI is InChI=1S/C47H76O6S/c1-14-15-16-17-18-19-20-21-22-23-25-53-42(52)47(41(50)51,31-32-27-35(43(2,3)4)39(48)36(28-32)44(5,6)7)34(24-26-54)33-29-37(45(8,9)10)40(49)38(30-33)46(11,12)13/h27-30,34,48-49,54H,14-26,31H2,1-13H3,(H,50,51). The van der Waals surface area contributed by atoms with Gasteiger partial charge in [-0.3, -0.25) is 9.59 Å². The summed E-state index contributed by atoms with van der Waals surface area (Å²) in [4.78, 5) is 28.9. The highest BCUT2D eigenvalue weighted by molar-refractivity contribution is 7.80. The van der Waals surface area contributed by atoms with E-state index in [1.54, 1.807) is 0 Å². The van der Waals surface area contributed by atoms with E-state index in [-0.39, 0.29) is 30.9 Å². The summed E-state index contributed by atoms with van der Waals surface area (Å²) in [6.45, 7) is 26.6. The SMILES string of the molecule is CCCCCCCCCCCCOC(=O)C(Cc1cc(C(C)(C)C)c(O)c(C(C)(C)C)c1)(C(=O)O)C(CCS)c1cc(C(C)(C)C)c(O)c(C(C)(C)C)c1. The molecule has 0 aliphatic carbocycles. The second-order valence-corrected chi connectivity index (χ2v) is 20.3. The van der Waals surface area contributed by atoms with Gasteiger partial charge in [0.2, 0.25) is 0 Å². The lowest BCUT2D eigenvalue weighted by molar-refractivity contribution is -0.171. The molecule has 2 unspecified atom stereocenters. The molecule has 0 radical (unpaired) electrons. The third-order valence-electron chi connectivity index (χ3n) is 10.9. The average Bonchev–Trinajstić information content (AvgIpc) is 3.03. The van der Waals surface area contributed by atoms with Gasteiger partial charge in [0.1, 0.15) is 11.5 Å². The smallest absolute Gasteiger partial charge is 0.324 e. The molecular formula is C47H76O6S. The molecule has 7 heteroatoms. The number of ether oxygens (including phenoxy) is 1. The highest BCUT2D eigenvalue weighted by Crippen LogP contribution is 2.49. The summed E-state index contributed by atoms with van der Waals surface area (Å²) in [5.74, 6) is -2.14. The zero-order valence-electron chi connectivity index (χ0n) is 36.3. The zero-order valence-corrected chi connectivity index (χ0v) is 37.2. The minimum atomic E-state index is -2.02. The first-order valence-electron chi connectivity index (χ1n) is 20.6. The van der Waals surface area contributed by atoms with Crippen LogP contribution >= 0.6 is 12.6 Å². The van der Waals surface area contributed by atoms with Crippen LogP contribution < -0.4 is 0 Å². The molecule has 0 bridgehead atoms. The molecule has 2 atom stereocenters. The molecule has 0 aliphatic rings. The minimum absolute atomic E-state index is 0.138. The maximum atomic E-state index is 14.8. The molecule has 0 fully saturated rings. The Hall–Kier alpha value is -2.67. The summed E-state index contributed by atoms with van der Waals surface area (Å²) in [6.07, 6.45) is 11.5. The molecule has 2 aromatic carbocycles. The molecule has 0 aliphatic heterocycles. The number of carbonyl (C=O) groups is 2. The van der Waals surface area contributed by atoms with Crippen molar-refractivity contribution in [3.63, 3.8) is 0 Å². The van der Waals surface area contributed by atoms with Crippen LogP contribution in [-0.2, 0) is 42.4 Å². The number of hydrogen-bond donors (Lipinski definition) is 4. The van der Waals surface area contributed by atoms with E-state index in [9.17, 15) is 24.9 Å². The monoisotopic (exact) mass is 769 g/mol. The predicted molar refractivity (Wildman–Crippen MR) is 229 cm³/mol. The highest BCUT2D eigenvalue weighted by Gasteiger charge is 2.55. The molecule has 3 N–H and O–H groups in total. The molecule has 6 nitrogen and oxygen atoms in total. The summed E-state index contributed by atoms with van der Waals surface area (Å²) in [5, 5.41) is 34.6. The Kier molecular flexibility index (Phi) is 17.1. The van der Waals surface area contributed by atoms with Crippen molar-refractivity contribution in [2.75, 3.05) is 12.4 Å². The van der Waals surface area contributed by atoms with Gasteiger partial charge >= 0.3 is 11.9 Å². The number of rotatable bonds is 19. The summed E-state index contributed by atoms with van der Waals surface area (Å²) >= 11 is 4.64. The van der Waals surface area contributed by atoms with Crippen molar-refractivity contribution in [2.24, 2.45) is 5.41 Å². The maximum absolute atomic E-state index is 14.8. The molecule has 0 amide bonds. The maximum Gasteiger partial charge on any atom is 0.324 e. The van der Waals surface area contributed by atoms with Gasteiger partial charge < -0.3 is 20.1 Å². The summed E-state index contributed by atoms with van der Waals surface area (Å²) in [6, 6.07) is 7.52. The fourth-order valence-corrected chi connectivity index (χ4v) is 7.88. The number of aliphatic carboxylic acids is 1. The summed E-state index contributed by atoms with van der Waals surface area (Å²) in [5.41, 5.74) is 0.247. The largest absolute Gasteiger partial charge is 0.507 e. The van der Waals surface area contributed by atoms with Crippen LogP contribution in [0.2, 0.25) is 0 Å². The first-order chi connectivity index (χ1) is 24.8. The predicted octanol–water partition coefficient (Wildman–Crippen LogP) is 12.5. The number of carbonyl (C=O) groups excluding carboxylic acids is 1. The Morgan fingerprint density at radius 3 is 1.35 bits per heavy atom. The van der Waals surface area contributed by atoms with Crippen molar-refractivity contribution in [2.45, 2.75) is 195 Å². The van der Waals surface area contributed by atoms with Gasteiger partial charge in [-0.2, -0.15) is 12.6 Å². The van der Waals surface area contributed by atoms with E-state index in [0.29, 0.717) is 45.6 Å². The van der Waals surface area contributed by atoms with Crippen molar-refractivity contribution in [1.29, 1.82) is 0 Å². The number of phenols is 2. The Morgan fingerprint density at radius 2 is 1.00 bits per heavy atom. The van der Waals surface area contributed by atoms with Gasteiger partial charge in [0.05, 0.1) is 6.61 Å². The van der Waals surface area contributed by atoms with Gasteiger partial charge in [-0.25, -0.2) is 0 Å². The molecule has 0 heterocycles. The van der Waals surface area contributed by atoms with Gasteiger partial charge in [0, 0.05) is 5.92 Å². The van der Waals surface area contributed by atoms with E-state index in [0.717, 1.165) is 19.3 Å². The minimum Gasteiger partial charge on any atom is -0.507 e. The van der Waals surface area contributed by atoms with E-state index >= 15 is 0 Å². The van der Waals surface area contributed by atoms with Gasteiger partial charge in [-0.15, -0.1) is 0 Å². The second kappa shape index (κ2) is 19.5. The molecular weight excluding hydrogens is 693 g/mol. The van der Waals surface area contributed by atoms with Crippen LogP contribution in [0.15, 0.2) is 24.3 Å². The van der Waals surface area contributed by atoms with Gasteiger partial charge in [0.25, 0.3) is 0 Å². The number of esters is 1. The lowest BCUT2D eigenvalue weighted by Crippen LogP contribution is -2.48. The first kappa shape index (κ1) is 47.5. The molecule has 2 aromatic rings. The molecule has 0 spiro atoms. The van der Waals surface area contributed by atoms with Crippen molar-refractivity contribution in [3.8, 4) is 11.5 Å². The lowest BCUT2D eigenvalue weighted by Gasteiger charge is -2.38. The summed E-state index contributed by atoms with van der Waals surface area (Å²) in [7, 11) is 0. The van der Waals surface area contributed by atoms with E-state index in [1.807, 2.05) is 107 Å². The number of phenolic OH excluding ortho intramolecular Hbond substituents is 2. The number of benzene rings is 2. The van der Waals surface area contributed by atoms with Crippen LogP contribution in [-0.4, -0.2) is 39.6 Å². The molecule has 0 saturated carbocycles. The molecule has 0 aromatic heterocycles. The molecule has 306 valence electrons. The number of hydrogen-bond acceptors (Lipinski definition) is 6. The number of aromatic hydroxyl groups is 2. The van der Waals surface area contributed by atoms with Crippen molar-refractivity contribution in [1.82, 2.24) is 0 Å². The topological polar surface area (TPSA) is 104 Å². The van der Waals surface area contributed by atoms with Gasteiger partial charge in [-0.05, 0) is 80.1 Å². The number of carboxylic acid groups (broad SMARTS) is 1. The van der Waals surface area contributed by atoms with Crippen molar-refractivity contribution < 1.29 is 29.6 Å². The van der Waals surface area contributed by atoms with Gasteiger partial charge in [-0.1, -0.05) is 172 Å². The van der Waals surface area contributed by atoms with E-state index in [4.69, 9.17) is 4.74 Å². The van der Waals surface area contributed by atoms with Crippen LogP contribution in [0.5, 0.6) is 11.5 Å². The Balaban J connectivity index is 2.78. The quantitative estimate of drug-likeness (QED) is 0.0491. The second-order valence-electron chi connectivity index (χ2n) is 19.8. The van der Waals surface area contributed by atoms with Crippen LogP contribution in [0.3, 0.4) is 0 Å². The number of carboxylic acids is 1. The van der Waals surface area contributed by atoms with E-state index in [2.05, 4.69) is 19.6 Å². The fourth-order valence-electron chi connectivity index (χ4n) is 7.62. The van der Waals surface area contributed by atoms with Crippen LogP contribution in [0.25, 0.3) is 0 Å².